The van der Waals surface area contributed by atoms with Gasteiger partial charge in [0.1, 0.15) is 0 Å². The summed E-state index contributed by atoms with van der Waals surface area (Å²) in [7, 11) is 0. The number of carboxylic acid groups (broad SMARTS) is 1. The van der Waals surface area contributed by atoms with E-state index in [2.05, 4.69) is 13.8 Å². The number of aliphatic carboxylic acids is 1. The summed E-state index contributed by atoms with van der Waals surface area (Å²) in [4.78, 5) is 28.2. The Labute approximate surface area is 141 Å². The maximum absolute atomic E-state index is 12.8. The van der Waals surface area contributed by atoms with Gasteiger partial charge >= 0.3 is 5.97 Å². The lowest BCUT2D eigenvalue weighted by molar-refractivity contribution is -0.142. The van der Waals surface area contributed by atoms with Crippen LogP contribution in [0.15, 0.2) is 6.07 Å². The van der Waals surface area contributed by atoms with Crippen LogP contribution in [0.2, 0.25) is 0 Å². The number of amides is 1. The molecule has 2 aliphatic rings. The molecule has 1 aliphatic heterocycles. The molecule has 1 aromatic heterocycles. The lowest BCUT2D eigenvalue weighted by atomic mass is 9.92. The Bertz CT molecular complexity index is 605. The van der Waals surface area contributed by atoms with Gasteiger partial charge in [0.25, 0.3) is 5.91 Å². The number of hydrogen-bond donors (Lipinski definition) is 1. The van der Waals surface area contributed by atoms with Gasteiger partial charge in [-0.1, -0.05) is 20.3 Å². The number of carbonyl (C=O) groups excluding carboxylic acids is 1. The van der Waals surface area contributed by atoms with E-state index in [1.165, 1.54) is 10.4 Å². The normalized spacial score (nSPS) is 24.2. The summed E-state index contributed by atoms with van der Waals surface area (Å²) >= 11 is 1.60. The monoisotopic (exact) mass is 335 g/mol. The smallest absolute Gasteiger partial charge is 0.308 e. The first-order chi connectivity index (χ1) is 11.0. The molecule has 3 rings (SSSR count). The summed E-state index contributed by atoms with van der Waals surface area (Å²) in [6.45, 7) is 5.26. The van der Waals surface area contributed by atoms with Crippen LogP contribution in [0, 0.1) is 17.8 Å². The Morgan fingerprint density at radius 1 is 1.30 bits per heavy atom. The Morgan fingerprint density at radius 2 is 2.04 bits per heavy atom. The molecule has 5 heteroatoms. The van der Waals surface area contributed by atoms with Crippen molar-refractivity contribution < 1.29 is 14.7 Å². The summed E-state index contributed by atoms with van der Waals surface area (Å²) < 4.78 is 0. The number of likely N-dealkylation sites (tertiary alicyclic amines) is 1. The number of carboxylic acids is 1. The Balaban J connectivity index is 1.76. The van der Waals surface area contributed by atoms with Crippen LogP contribution in [0.3, 0.4) is 0 Å². The average molecular weight is 335 g/mol. The second-order valence-electron chi connectivity index (χ2n) is 6.82. The molecule has 0 radical (unpaired) electrons. The molecule has 0 unspecified atom stereocenters. The fraction of sp³-hybridized carbons (Fsp3) is 0.667. The SMILES string of the molecule is CCCc1sc(C(=O)N2C[C@H](C(=O)O)[C@@H](C3CC3)C2)cc1CC. The molecule has 1 aromatic rings. The largest absolute Gasteiger partial charge is 0.481 e. The predicted octanol–water partition coefficient (Wildman–Crippen LogP) is 3.45. The number of carbonyl (C=O) groups is 2. The second kappa shape index (κ2) is 6.63. The Morgan fingerprint density at radius 3 is 2.61 bits per heavy atom. The van der Waals surface area contributed by atoms with Gasteiger partial charge in [0.05, 0.1) is 10.8 Å². The van der Waals surface area contributed by atoms with Crippen molar-refractivity contribution in [2.24, 2.45) is 17.8 Å². The van der Waals surface area contributed by atoms with E-state index in [4.69, 9.17) is 0 Å². The van der Waals surface area contributed by atoms with E-state index in [9.17, 15) is 14.7 Å². The zero-order valence-corrected chi connectivity index (χ0v) is 14.7. The van der Waals surface area contributed by atoms with Gasteiger partial charge in [-0.3, -0.25) is 9.59 Å². The van der Waals surface area contributed by atoms with E-state index in [0.717, 1.165) is 37.0 Å². The minimum Gasteiger partial charge on any atom is -0.481 e. The van der Waals surface area contributed by atoms with Crippen LogP contribution in [-0.4, -0.2) is 35.0 Å². The average Bonchev–Trinajstić information content (AvgIpc) is 3.14. The molecule has 2 fully saturated rings. The molecule has 1 saturated heterocycles. The molecule has 4 nitrogen and oxygen atoms in total. The second-order valence-corrected chi connectivity index (χ2v) is 7.96. The van der Waals surface area contributed by atoms with Crippen molar-refractivity contribution >= 4 is 23.2 Å². The number of thiophene rings is 1. The molecular formula is C18H25NO3S. The highest BCUT2D eigenvalue weighted by atomic mass is 32.1. The van der Waals surface area contributed by atoms with Crippen LogP contribution in [0.5, 0.6) is 0 Å². The third-order valence-electron chi connectivity index (χ3n) is 5.16. The van der Waals surface area contributed by atoms with Crippen molar-refractivity contribution in [3.63, 3.8) is 0 Å². The van der Waals surface area contributed by atoms with Gasteiger partial charge in [-0.05, 0) is 49.1 Å². The number of aryl methyl sites for hydroxylation is 2. The molecule has 23 heavy (non-hydrogen) atoms. The summed E-state index contributed by atoms with van der Waals surface area (Å²) in [5, 5.41) is 9.45. The van der Waals surface area contributed by atoms with Crippen LogP contribution in [-0.2, 0) is 17.6 Å². The summed E-state index contributed by atoms with van der Waals surface area (Å²) in [6.07, 6.45) is 5.28. The van der Waals surface area contributed by atoms with Crippen LogP contribution in [0.25, 0.3) is 0 Å². The van der Waals surface area contributed by atoms with E-state index < -0.39 is 5.97 Å². The Hall–Kier alpha value is -1.36. The number of rotatable bonds is 6. The van der Waals surface area contributed by atoms with Crippen molar-refractivity contribution in [3.05, 3.63) is 21.4 Å². The molecular weight excluding hydrogens is 310 g/mol. The summed E-state index contributed by atoms with van der Waals surface area (Å²) in [6, 6.07) is 2.03. The van der Waals surface area contributed by atoms with Crippen LogP contribution in [0.1, 0.15) is 53.2 Å². The summed E-state index contributed by atoms with van der Waals surface area (Å²) in [5.41, 5.74) is 1.27. The van der Waals surface area contributed by atoms with E-state index in [0.29, 0.717) is 19.0 Å². The maximum atomic E-state index is 12.8. The van der Waals surface area contributed by atoms with Gasteiger partial charge in [-0.2, -0.15) is 0 Å². The van der Waals surface area contributed by atoms with Gasteiger partial charge in [0.2, 0.25) is 0 Å². The van der Waals surface area contributed by atoms with Crippen molar-refractivity contribution in [3.8, 4) is 0 Å². The minimum atomic E-state index is -0.746. The van der Waals surface area contributed by atoms with E-state index in [1.807, 2.05) is 6.07 Å². The molecule has 1 aliphatic carbocycles. The molecule has 1 amide bonds. The van der Waals surface area contributed by atoms with Gasteiger partial charge < -0.3 is 10.0 Å². The molecule has 2 heterocycles. The quantitative estimate of drug-likeness (QED) is 0.866. The lowest BCUT2D eigenvalue weighted by Crippen LogP contribution is -2.29. The molecule has 1 N–H and O–H groups in total. The standard InChI is InChI=1S/C18H25NO3S/c1-3-5-15-11(4-2)8-16(23-15)17(20)19-9-13(12-6-7-12)14(10-19)18(21)22/h8,12-14H,3-7,9-10H2,1-2H3,(H,21,22)/t13-,14+/m1/s1. The highest BCUT2D eigenvalue weighted by Crippen LogP contribution is 2.44. The fourth-order valence-electron chi connectivity index (χ4n) is 3.72. The van der Waals surface area contributed by atoms with E-state index in [1.54, 1.807) is 16.2 Å². The summed E-state index contributed by atoms with van der Waals surface area (Å²) in [5.74, 6) is -0.436. The van der Waals surface area contributed by atoms with Crippen LogP contribution in [0.4, 0.5) is 0 Å². The zero-order chi connectivity index (χ0) is 16.6. The van der Waals surface area contributed by atoms with Crippen molar-refractivity contribution in [1.29, 1.82) is 0 Å². The zero-order valence-electron chi connectivity index (χ0n) is 13.9. The van der Waals surface area contributed by atoms with Crippen molar-refractivity contribution in [2.75, 3.05) is 13.1 Å². The number of nitrogens with zero attached hydrogens (tertiary/aromatic N) is 1. The Kier molecular flexibility index (Phi) is 4.76. The highest BCUT2D eigenvalue weighted by Gasteiger charge is 2.47. The molecule has 1 saturated carbocycles. The first-order valence-electron chi connectivity index (χ1n) is 8.68. The van der Waals surface area contributed by atoms with E-state index >= 15 is 0 Å². The highest BCUT2D eigenvalue weighted by molar-refractivity contribution is 7.14. The molecule has 126 valence electrons. The molecule has 0 aromatic carbocycles. The van der Waals surface area contributed by atoms with Gasteiger partial charge in [0, 0.05) is 18.0 Å². The van der Waals surface area contributed by atoms with Gasteiger partial charge in [-0.25, -0.2) is 0 Å². The third kappa shape index (κ3) is 3.30. The maximum Gasteiger partial charge on any atom is 0.308 e. The van der Waals surface area contributed by atoms with Crippen LogP contribution < -0.4 is 0 Å². The molecule has 2 atom stereocenters. The van der Waals surface area contributed by atoms with Gasteiger partial charge in [-0.15, -0.1) is 11.3 Å². The first kappa shape index (κ1) is 16.5. The predicted molar refractivity (Wildman–Crippen MR) is 90.9 cm³/mol. The molecule has 0 spiro atoms. The number of hydrogen-bond acceptors (Lipinski definition) is 3. The first-order valence-corrected chi connectivity index (χ1v) is 9.50. The van der Waals surface area contributed by atoms with Crippen molar-refractivity contribution in [1.82, 2.24) is 4.90 Å². The van der Waals surface area contributed by atoms with E-state index in [-0.39, 0.29) is 17.7 Å². The van der Waals surface area contributed by atoms with Crippen LogP contribution >= 0.6 is 11.3 Å². The lowest BCUT2D eigenvalue weighted by Gasteiger charge is -2.15. The minimum absolute atomic E-state index is 0.0291. The third-order valence-corrected chi connectivity index (χ3v) is 6.39. The van der Waals surface area contributed by atoms with Gasteiger partial charge in [0.15, 0.2) is 0 Å². The topological polar surface area (TPSA) is 57.6 Å². The van der Waals surface area contributed by atoms with Crippen molar-refractivity contribution in [2.45, 2.75) is 46.0 Å². The fourth-order valence-corrected chi connectivity index (χ4v) is 5.05. The molecule has 0 bridgehead atoms.